The quantitative estimate of drug-likeness (QED) is 0.408. The SMILES string of the molecule is Cc1c(-c2cc(C(=O)[O-])c3c(O[C@H](C)C4CCOCC4)ccc(C)c3n2)sc2ccccc12.[Na+]. The molecule has 4 aromatic rings. The van der Waals surface area contributed by atoms with Gasteiger partial charge in [-0.15, -0.1) is 11.3 Å². The number of benzene rings is 2. The van der Waals surface area contributed by atoms with Gasteiger partial charge in [0.2, 0.25) is 0 Å². The van der Waals surface area contributed by atoms with E-state index < -0.39 is 5.97 Å². The van der Waals surface area contributed by atoms with E-state index in [1.165, 1.54) is 0 Å². The summed E-state index contributed by atoms with van der Waals surface area (Å²) in [5, 5.41) is 14.0. The number of ether oxygens (including phenoxy) is 2. The Morgan fingerprint density at radius 1 is 1.18 bits per heavy atom. The number of aryl methyl sites for hydroxylation is 2. The van der Waals surface area contributed by atoms with Crippen molar-refractivity contribution in [2.75, 3.05) is 13.2 Å². The van der Waals surface area contributed by atoms with Crippen LogP contribution in [0.2, 0.25) is 0 Å². The van der Waals surface area contributed by atoms with E-state index in [2.05, 4.69) is 19.1 Å². The molecule has 3 heterocycles. The van der Waals surface area contributed by atoms with Gasteiger partial charge in [0.15, 0.2) is 0 Å². The molecule has 1 aliphatic heterocycles. The summed E-state index contributed by atoms with van der Waals surface area (Å²) in [4.78, 5) is 18.2. The minimum atomic E-state index is -1.23. The van der Waals surface area contributed by atoms with Gasteiger partial charge in [-0.2, -0.15) is 0 Å². The number of carbonyl (C=O) groups excluding carboxylic acids is 1. The summed E-state index contributed by atoms with van der Waals surface area (Å²) in [6, 6.07) is 13.6. The van der Waals surface area contributed by atoms with Gasteiger partial charge in [-0.1, -0.05) is 24.3 Å². The molecule has 0 unspecified atom stereocenters. The topological polar surface area (TPSA) is 71.5 Å². The van der Waals surface area contributed by atoms with Crippen LogP contribution in [0.4, 0.5) is 0 Å². The molecule has 0 amide bonds. The van der Waals surface area contributed by atoms with Gasteiger partial charge < -0.3 is 19.4 Å². The molecule has 2 aromatic heterocycles. The first kappa shape index (κ1) is 25.1. The van der Waals surface area contributed by atoms with E-state index in [-0.39, 0.29) is 41.2 Å². The molecule has 1 aliphatic rings. The Kier molecular flexibility index (Phi) is 7.65. The third kappa shape index (κ3) is 4.62. The molecule has 34 heavy (non-hydrogen) atoms. The van der Waals surface area contributed by atoms with Crippen LogP contribution in [0.1, 0.15) is 41.3 Å². The van der Waals surface area contributed by atoms with Gasteiger partial charge in [-0.25, -0.2) is 4.98 Å². The molecular weight excluding hydrogens is 457 g/mol. The number of pyridine rings is 1. The maximum absolute atomic E-state index is 12.3. The number of aromatic carboxylic acids is 1. The van der Waals surface area contributed by atoms with Crippen molar-refractivity contribution in [3.05, 3.63) is 59.2 Å². The number of rotatable bonds is 5. The molecule has 0 aliphatic carbocycles. The fourth-order valence-corrected chi connectivity index (χ4v) is 5.89. The van der Waals surface area contributed by atoms with Crippen molar-refractivity contribution in [3.8, 4) is 16.3 Å². The average molecular weight is 484 g/mol. The van der Waals surface area contributed by atoms with Crippen LogP contribution in [0.25, 0.3) is 31.6 Å². The summed E-state index contributed by atoms with van der Waals surface area (Å²) < 4.78 is 13.0. The average Bonchev–Trinajstić information content (AvgIpc) is 3.17. The zero-order valence-electron chi connectivity index (χ0n) is 20.0. The monoisotopic (exact) mass is 483 g/mol. The van der Waals surface area contributed by atoms with Gasteiger partial charge in [-0.3, -0.25) is 0 Å². The van der Waals surface area contributed by atoms with E-state index in [1.54, 1.807) is 17.4 Å². The Morgan fingerprint density at radius 3 is 2.62 bits per heavy atom. The van der Waals surface area contributed by atoms with E-state index in [0.717, 1.165) is 52.1 Å². The molecule has 1 atom stereocenters. The Hall–Kier alpha value is -1.96. The molecule has 1 saturated heterocycles. The van der Waals surface area contributed by atoms with Crippen LogP contribution < -0.4 is 39.4 Å². The van der Waals surface area contributed by atoms with Gasteiger partial charge >= 0.3 is 29.6 Å². The Morgan fingerprint density at radius 2 is 1.91 bits per heavy atom. The van der Waals surface area contributed by atoms with Crippen LogP contribution >= 0.6 is 11.3 Å². The van der Waals surface area contributed by atoms with Crippen LogP contribution in [-0.4, -0.2) is 30.3 Å². The molecule has 0 radical (unpaired) electrons. The zero-order chi connectivity index (χ0) is 23.1. The van der Waals surface area contributed by atoms with Crippen LogP contribution in [0.5, 0.6) is 5.75 Å². The number of carbonyl (C=O) groups is 1. The van der Waals surface area contributed by atoms with Crippen LogP contribution in [0.15, 0.2) is 42.5 Å². The molecule has 5 nitrogen and oxygen atoms in total. The minimum Gasteiger partial charge on any atom is -0.545 e. The van der Waals surface area contributed by atoms with Crippen molar-refractivity contribution in [2.24, 2.45) is 5.92 Å². The molecule has 0 saturated carbocycles. The maximum Gasteiger partial charge on any atom is 1.00 e. The fraction of sp³-hybridized carbons (Fsp3) is 0.333. The summed E-state index contributed by atoms with van der Waals surface area (Å²) in [6.07, 6.45) is 1.82. The summed E-state index contributed by atoms with van der Waals surface area (Å²) >= 11 is 1.63. The van der Waals surface area contributed by atoms with Crippen LogP contribution in [0.3, 0.4) is 0 Å². The summed E-state index contributed by atoms with van der Waals surface area (Å²) in [7, 11) is 0. The maximum atomic E-state index is 12.3. The standard InChI is InChI=1S/C27H27NO4S.Na/c1-15-8-9-22(32-17(3)18-10-12-31-13-11-18)24-20(27(29)30)14-21(28-25(15)24)26-16(2)19-6-4-5-7-23(19)33-26;/h4-9,14,17-18H,10-13H2,1-3H3,(H,29,30);/q;+1/p-1/t17-;/m1./s1. The summed E-state index contributed by atoms with van der Waals surface area (Å²) in [5.41, 5.74) is 3.41. The Balaban J connectivity index is 0.00000274. The summed E-state index contributed by atoms with van der Waals surface area (Å²) in [5.74, 6) is -0.313. The Bertz CT molecular complexity index is 1360. The minimum absolute atomic E-state index is 0. The van der Waals surface area contributed by atoms with E-state index in [4.69, 9.17) is 14.5 Å². The number of aromatic nitrogens is 1. The molecule has 0 N–H and O–H groups in total. The second-order valence-corrected chi connectivity index (χ2v) is 9.82. The van der Waals surface area contributed by atoms with Crippen molar-refractivity contribution >= 4 is 38.3 Å². The molecule has 0 bridgehead atoms. The predicted molar refractivity (Wildman–Crippen MR) is 130 cm³/mol. The molecule has 2 aromatic carbocycles. The number of hydrogen-bond acceptors (Lipinski definition) is 6. The van der Waals surface area contributed by atoms with Crippen molar-refractivity contribution in [1.29, 1.82) is 0 Å². The number of nitrogens with zero attached hydrogens (tertiary/aromatic N) is 1. The molecule has 7 heteroatoms. The first-order valence-electron chi connectivity index (χ1n) is 11.3. The van der Waals surface area contributed by atoms with Crippen molar-refractivity contribution < 1.29 is 48.9 Å². The number of carboxylic acids is 1. The van der Waals surface area contributed by atoms with E-state index in [0.29, 0.717) is 28.3 Å². The van der Waals surface area contributed by atoms with Crippen molar-refractivity contribution in [3.63, 3.8) is 0 Å². The van der Waals surface area contributed by atoms with Gasteiger partial charge in [0, 0.05) is 23.5 Å². The summed E-state index contributed by atoms with van der Waals surface area (Å²) in [6.45, 7) is 7.51. The van der Waals surface area contributed by atoms with Gasteiger partial charge in [0.25, 0.3) is 0 Å². The number of carboxylic acid groups (broad SMARTS) is 1. The third-order valence-corrected chi connectivity index (χ3v) is 7.96. The first-order valence-corrected chi connectivity index (χ1v) is 12.1. The number of thiophene rings is 1. The van der Waals surface area contributed by atoms with Crippen molar-refractivity contribution in [1.82, 2.24) is 4.98 Å². The molecular formula is C27H26NNaO4S. The predicted octanol–water partition coefficient (Wildman–Crippen LogP) is 2.29. The van der Waals surface area contributed by atoms with Crippen LogP contribution in [-0.2, 0) is 4.74 Å². The van der Waals surface area contributed by atoms with Gasteiger partial charge in [0.05, 0.1) is 33.5 Å². The molecule has 170 valence electrons. The van der Waals surface area contributed by atoms with E-state index in [9.17, 15) is 9.90 Å². The van der Waals surface area contributed by atoms with E-state index in [1.807, 2.05) is 38.1 Å². The smallest absolute Gasteiger partial charge is 0.545 e. The first-order chi connectivity index (χ1) is 15.9. The Labute approximate surface area is 225 Å². The molecule has 1 fully saturated rings. The molecule has 0 spiro atoms. The van der Waals surface area contributed by atoms with E-state index >= 15 is 0 Å². The second kappa shape index (κ2) is 10.3. The molecule has 5 rings (SSSR count). The fourth-order valence-electron chi connectivity index (χ4n) is 4.72. The number of hydrogen-bond donors (Lipinski definition) is 0. The van der Waals surface area contributed by atoms with Gasteiger partial charge in [-0.05, 0) is 74.2 Å². The van der Waals surface area contributed by atoms with Gasteiger partial charge in [0.1, 0.15) is 5.75 Å². The largest absolute Gasteiger partial charge is 1.00 e. The van der Waals surface area contributed by atoms with Crippen molar-refractivity contribution in [2.45, 2.75) is 39.7 Å². The zero-order valence-corrected chi connectivity index (χ0v) is 22.8. The second-order valence-electron chi connectivity index (χ2n) is 8.77. The number of fused-ring (bicyclic) bond motifs is 2. The third-order valence-electron chi connectivity index (χ3n) is 6.66. The van der Waals surface area contributed by atoms with Crippen LogP contribution in [0, 0.1) is 19.8 Å². The normalized spacial score (nSPS) is 15.3.